The third-order valence-corrected chi connectivity index (χ3v) is 11.6. The van der Waals surface area contributed by atoms with Crippen LogP contribution in [0.25, 0.3) is 0 Å². The van der Waals surface area contributed by atoms with Gasteiger partial charge in [-0.25, -0.2) is 4.79 Å². The van der Waals surface area contributed by atoms with Crippen LogP contribution < -0.4 is 22.3 Å². The van der Waals surface area contributed by atoms with Gasteiger partial charge in [-0.15, -0.1) is 0 Å². The summed E-state index contributed by atoms with van der Waals surface area (Å²) in [6.07, 6.45) is 44.8. The van der Waals surface area contributed by atoms with Gasteiger partial charge in [0.25, 0.3) is 0 Å². The molecule has 0 bridgehead atoms. The van der Waals surface area contributed by atoms with Gasteiger partial charge in [-0.3, -0.25) is 4.79 Å². The first-order chi connectivity index (χ1) is 28.6. The van der Waals surface area contributed by atoms with Crippen LogP contribution in [0.1, 0.15) is 245 Å². The molecule has 9 heteroatoms. The quantitative estimate of drug-likeness (QED) is 0.0352. The van der Waals surface area contributed by atoms with E-state index in [2.05, 4.69) is 24.6 Å². The summed E-state index contributed by atoms with van der Waals surface area (Å²) in [5, 5.41) is 3.36. The highest BCUT2D eigenvalue weighted by Crippen LogP contribution is 2.16. The number of hydroxylamine groups is 1. The lowest BCUT2D eigenvalue weighted by atomic mass is 10.0. The number of carbonyl (C=O) groups is 2. The Morgan fingerprint density at radius 1 is 0.466 bits per heavy atom. The van der Waals surface area contributed by atoms with Gasteiger partial charge in [-0.05, 0) is 64.7 Å². The van der Waals surface area contributed by atoms with E-state index in [-0.39, 0.29) is 12.5 Å². The van der Waals surface area contributed by atoms with Crippen molar-refractivity contribution in [1.82, 2.24) is 15.7 Å². The number of hydrogen-bond donors (Lipinski definition) is 4. The lowest BCUT2D eigenvalue weighted by Gasteiger charge is -2.24. The van der Waals surface area contributed by atoms with Gasteiger partial charge < -0.3 is 31.3 Å². The number of ether oxygens (including phenoxy) is 1. The molecule has 0 fully saturated rings. The van der Waals surface area contributed by atoms with Crippen LogP contribution in [-0.4, -0.2) is 75.3 Å². The molecule has 0 aliphatic heterocycles. The average molecular weight is 824 g/mol. The molecule has 0 rings (SSSR count). The van der Waals surface area contributed by atoms with E-state index in [9.17, 15) is 9.59 Å². The molecule has 0 aromatic rings. The number of unbranched alkanes of at least 4 members (excludes halogenated alkanes) is 30. The van der Waals surface area contributed by atoms with Gasteiger partial charge in [-0.1, -0.05) is 206 Å². The molecular formula is C49H101N5O4. The number of amides is 1. The monoisotopic (exact) mass is 824 g/mol. The first-order valence-electron chi connectivity index (χ1n) is 25.5. The van der Waals surface area contributed by atoms with Crippen molar-refractivity contribution in [2.24, 2.45) is 11.5 Å². The Hall–Kier alpha value is -1.26. The molecule has 0 aliphatic rings. The summed E-state index contributed by atoms with van der Waals surface area (Å²) >= 11 is 0. The maximum atomic E-state index is 13.6. The molecule has 9 nitrogen and oxygen atoms in total. The van der Waals surface area contributed by atoms with Crippen LogP contribution in [0.2, 0.25) is 0 Å². The maximum absolute atomic E-state index is 13.6. The van der Waals surface area contributed by atoms with Gasteiger partial charge in [0.15, 0.2) is 6.10 Å². The smallest absolute Gasteiger partial charge is 0.353 e. The largest absolute Gasteiger partial charge is 0.368 e. The van der Waals surface area contributed by atoms with Crippen LogP contribution >= 0.6 is 0 Å². The third kappa shape index (κ3) is 41.5. The summed E-state index contributed by atoms with van der Waals surface area (Å²) in [5.74, 6) is -0.495. The van der Waals surface area contributed by atoms with Crippen LogP contribution in [0.3, 0.4) is 0 Å². The fourth-order valence-electron chi connectivity index (χ4n) is 7.72. The molecule has 0 aromatic heterocycles. The van der Waals surface area contributed by atoms with Gasteiger partial charge in [0, 0.05) is 19.6 Å². The molecule has 346 valence electrons. The molecule has 0 heterocycles. The number of nitrogens with one attached hydrogen (secondary N) is 2. The molecule has 1 atom stereocenters. The zero-order chi connectivity index (χ0) is 42.3. The molecule has 0 radical (unpaired) electrons. The lowest BCUT2D eigenvalue weighted by Crippen LogP contribution is -2.39. The zero-order valence-corrected chi connectivity index (χ0v) is 38.9. The van der Waals surface area contributed by atoms with E-state index in [1.807, 2.05) is 4.90 Å². The van der Waals surface area contributed by atoms with Crippen LogP contribution in [-0.2, 0) is 19.2 Å². The molecule has 6 N–H and O–H groups in total. The minimum absolute atomic E-state index is 0.0168. The fourth-order valence-corrected chi connectivity index (χ4v) is 7.72. The highest BCUT2D eigenvalue weighted by molar-refractivity contribution is 5.79. The van der Waals surface area contributed by atoms with E-state index in [4.69, 9.17) is 21.0 Å². The second-order valence-corrected chi connectivity index (χ2v) is 17.3. The average Bonchev–Trinajstić information content (AvgIpc) is 3.23. The van der Waals surface area contributed by atoms with E-state index in [0.29, 0.717) is 32.5 Å². The molecule has 1 amide bonds. The highest BCUT2D eigenvalue weighted by atomic mass is 16.7. The van der Waals surface area contributed by atoms with Gasteiger partial charge in [0.2, 0.25) is 5.91 Å². The summed E-state index contributed by atoms with van der Waals surface area (Å²) in [6, 6.07) is 0. The van der Waals surface area contributed by atoms with Crippen LogP contribution in [0.5, 0.6) is 0 Å². The van der Waals surface area contributed by atoms with Gasteiger partial charge >= 0.3 is 5.97 Å². The first-order valence-corrected chi connectivity index (χ1v) is 25.5. The Kier molecular flexibility index (Phi) is 47.4. The summed E-state index contributed by atoms with van der Waals surface area (Å²) in [5.41, 5.74) is 13.9. The minimum Gasteiger partial charge on any atom is -0.368 e. The van der Waals surface area contributed by atoms with Crippen molar-refractivity contribution >= 4 is 11.9 Å². The number of carbonyl (C=O) groups excluding carboxylic acids is 2. The molecular weight excluding hydrogens is 723 g/mol. The Bertz CT molecular complexity index is 799. The van der Waals surface area contributed by atoms with Gasteiger partial charge in [-0.2, -0.15) is 5.48 Å². The standard InChI is InChI=1S/C49H101N5O4/c1-3-5-7-9-11-13-15-17-19-21-23-25-27-29-31-33-44-54(45-34-32-30-28-26-24-22-20-18-16-14-12-10-8-6-4-2)48(55)46-57-47(38-35-41-52-42-36-39-50)49(56)58-53-43-37-40-51/h47,52-53H,3-46,50-51H2,1-2H3. The van der Waals surface area contributed by atoms with Crippen molar-refractivity contribution in [3.8, 4) is 0 Å². The summed E-state index contributed by atoms with van der Waals surface area (Å²) < 4.78 is 6.02. The Labute approximate surface area is 360 Å². The number of rotatable bonds is 49. The fraction of sp³-hybridized carbons (Fsp3) is 0.959. The van der Waals surface area contributed by atoms with Crippen molar-refractivity contribution in [2.45, 2.75) is 251 Å². The molecule has 0 saturated heterocycles. The summed E-state index contributed by atoms with van der Waals surface area (Å²) in [6.45, 7) is 9.26. The van der Waals surface area contributed by atoms with Crippen LogP contribution in [0.15, 0.2) is 0 Å². The van der Waals surface area contributed by atoms with E-state index >= 15 is 0 Å². The second-order valence-electron chi connectivity index (χ2n) is 17.3. The Balaban J connectivity index is 4.64. The molecule has 0 saturated carbocycles. The Morgan fingerprint density at radius 3 is 1.19 bits per heavy atom. The first kappa shape index (κ1) is 56.7. The molecule has 0 spiro atoms. The van der Waals surface area contributed by atoms with E-state index in [0.717, 1.165) is 64.7 Å². The van der Waals surface area contributed by atoms with Gasteiger partial charge in [0.05, 0.1) is 0 Å². The maximum Gasteiger partial charge on any atom is 0.353 e. The van der Waals surface area contributed by atoms with E-state index in [1.54, 1.807) is 0 Å². The number of nitrogens with two attached hydrogens (primary N) is 2. The second kappa shape index (κ2) is 48.4. The van der Waals surface area contributed by atoms with Crippen molar-refractivity contribution < 1.29 is 19.2 Å². The summed E-state index contributed by atoms with van der Waals surface area (Å²) in [7, 11) is 0. The topological polar surface area (TPSA) is 132 Å². The van der Waals surface area contributed by atoms with Crippen molar-refractivity contribution in [3.63, 3.8) is 0 Å². The summed E-state index contributed by atoms with van der Waals surface area (Å²) in [4.78, 5) is 33.8. The molecule has 1 unspecified atom stereocenters. The number of hydrogen-bond acceptors (Lipinski definition) is 8. The molecule has 58 heavy (non-hydrogen) atoms. The van der Waals surface area contributed by atoms with Crippen molar-refractivity contribution in [3.05, 3.63) is 0 Å². The van der Waals surface area contributed by atoms with Crippen LogP contribution in [0, 0.1) is 0 Å². The Morgan fingerprint density at radius 2 is 0.810 bits per heavy atom. The zero-order valence-electron chi connectivity index (χ0n) is 38.9. The predicted octanol–water partition coefficient (Wildman–Crippen LogP) is 11.8. The highest BCUT2D eigenvalue weighted by Gasteiger charge is 2.24. The lowest BCUT2D eigenvalue weighted by molar-refractivity contribution is -0.167. The van der Waals surface area contributed by atoms with E-state index < -0.39 is 12.1 Å². The van der Waals surface area contributed by atoms with Crippen molar-refractivity contribution in [2.75, 3.05) is 52.4 Å². The number of nitrogens with zero attached hydrogens (tertiary/aromatic N) is 1. The minimum atomic E-state index is -0.793. The van der Waals surface area contributed by atoms with Crippen LogP contribution in [0.4, 0.5) is 0 Å². The molecule has 0 aliphatic carbocycles. The van der Waals surface area contributed by atoms with E-state index in [1.165, 1.54) is 180 Å². The third-order valence-electron chi connectivity index (χ3n) is 11.6. The molecule has 0 aromatic carbocycles. The SMILES string of the molecule is CCCCCCCCCCCCCCCCCCN(CCCCCCCCCCCCCCCCCC)C(=O)COC(CCCNCCCN)C(=O)ONCCCN. The van der Waals surface area contributed by atoms with Gasteiger partial charge in [0.1, 0.15) is 6.61 Å². The normalized spacial score (nSPS) is 12.0. The van der Waals surface area contributed by atoms with Crippen molar-refractivity contribution in [1.29, 1.82) is 0 Å². The predicted molar refractivity (Wildman–Crippen MR) is 249 cm³/mol.